The zero-order valence-corrected chi connectivity index (χ0v) is 11.6. The van der Waals surface area contributed by atoms with Gasteiger partial charge in [-0.1, -0.05) is 19.1 Å². The molecule has 104 valence electrons. The molecule has 1 saturated heterocycles. The highest BCUT2D eigenvalue weighted by Crippen LogP contribution is 2.30. The van der Waals surface area contributed by atoms with Crippen LogP contribution in [0.4, 0.5) is 0 Å². The van der Waals surface area contributed by atoms with Gasteiger partial charge in [-0.3, -0.25) is 4.79 Å². The number of carbonyl (C=O) groups excluding carboxylic acids is 1. The van der Waals surface area contributed by atoms with Crippen LogP contribution in [0, 0.1) is 5.41 Å². The van der Waals surface area contributed by atoms with Crippen LogP contribution in [-0.2, 0) is 4.79 Å². The molecule has 4 heteroatoms. The minimum Gasteiger partial charge on any atom is -0.508 e. The van der Waals surface area contributed by atoms with Gasteiger partial charge in [-0.05, 0) is 44.0 Å². The van der Waals surface area contributed by atoms with Gasteiger partial charge in [0.2, 0.25) is 5.91 Å². The first kappa shape index (κ1) is 13.9. The molecule has 0 radical (unpaired) electrons. The summed E-state index contributed by atoms with van der Waals surface area (Å²) in [5, 5.41) is 15.8. The fourth-order valence-electron chi connectivity index (χ4n) is 2.63. The highest BCUT2D eigenvalue weighted by molar-refractivity contribution is 5.83. The first-order chi connectivity index (χ1) is 9.07. The Hall–Kier alpha value is -1.55. The molecule has 4 nitrogen and oxygen atoms in total. The van der Waals surface area contributed by atoms with Crippen LogP contribution < -0.4 is 10.6 Å². The lowest BCUT2D eigenvalue weighted by molar-refractivity contribution is -0.131. The van der Waals surface area contributed by atoms with Crippen LogP contribution in [0.25, 0.3) is 0 Å². The maximum Gasteiger partial charge on any atom is 0.228 e. The number of aromatic hydroxyl groups is 1. The summed E-state index contributed by atoms with van der Waals surface area (Å²) in [7, 11) is 0. The SMILES string of the molecule is CCC1(C(=O)NC(C)c2cccc(O)c2)CCNC1. The number of carbonyl (C=O) groups is 1. The summed E-state index contributed by atoms with van der Waals surface area (Å²) < 4.78 is 0. The number of hydrogen-bond acceptors (Lipinski definition) is 3. The predicted molar refractivity (Wildman–Crippen MR) is 74.9 cm³/mol. The molecule has 3 N–H and O–H groups in total. The summed E-state index contributed by atoms with van der Waals surface area (Å²) in [4.78, 5) is 12.5. The molecule has 1 amide bonds. The number of phenols is 1. The highest BCUT2D eigenvalue weighted by atomic mass is 16.3. The molecular weight excluding hydrogens is 240 g/mol. The Bertz CT molecular complexity index is 453. The van der Waals surface area contributed by atoms with Gasteiger partial charge < -0.3 is 15.7 Å². The Kier molecular flexibility index (Phi) is 4.10. The van der Waals surface area contributed by atoms with E-state index in [1.807, 2.05) is 13.0 Å². The Balaban J connectivity index is 2.06. The van der Waals surface area contributed by atoms with Crippen LogP contribution in [-0.4, -0.2) is 24.1 Å². The fourth-order valence-corrected chi connectivity index (χ4v) is 2.63. The third kappa shape index (κ3) is 2.89. The minimum absolute atomic E-state index is 0.0939. The summed E-state index contributed by atoms with van der Waals surface area (Å²) in [6.07, 6.45) is 1.74. The van der Waals surface area contributed by atoms with Crippen molar-refractivity contribution in [2.45, 2.75) is 32.7 Å². The molecule has 19 heavy (non-hydrogen) atoms. The second kappa shape index (κ2) is 5.61. The van der Waals surface area contributed by atoms with E-state index in [1.54, 1.807) is 18.2 Å². The van der Waals surface area contributed by atoms with Gasteiger partial charge in [0.15, 0.2) is 0 Å². The summed E-state index contributed by atoms with van der Waals surface area (Å²) in [6, 6.07) is 6.93. The van der Waals surface area contributed by atoms with Crippen molar-refractivity contribution >= 4 is 5.91 Å². The van der Waals surface area contributed by atoms with Gasteiger partial charge >= 0.3 is 0 Å². The van der Waals surface area contributed by atoms with E-state index in [2.05, 4.69) is 17.6 Å². The molecule has 0 saturated carbocycles. The maximum atomic E-state index is 12.5. The smallest absolute Gasteiger partial charge is 0.228 e. The average Bonchev–Trinajstić information content (AvgIpc) is 2.88. The zero-order valence-electron chi connectivity index (χ0n) is 11.6. The van der Waals surface area contributed by atoms with Gasteiger partial charge in [-0.15, -0.1) is 0 Å². The van der Waals surface area contributed by atoms with Crippen molar-refractivity contribution in [2.75, 3.05) is 13.1 Å². The molecule has 1 aliphatic rings. The number of benzene rings is 1. The van der Waals surface area contributed by atoms with E-state index >= 15 is 0 Å². The standard InChI is InChI=1S/C15H22N2O2/c1-3-15(7-8-16-10-15)14(19)17-11(2)12-5-4-6-13(18)9-12/h4-6,9,11,16,18H,3,7-8,10H2,1-2H3,(H,17,19). The van der Waals surface area contributed by atoms with Crippen molar-refractivity contribution in [3.8, 4) is 5.75 Å². The van der Waals surface area contributed by atoms with Crippen molar-refractivity contribution in [3.05, 3.63) is 29.8 Å². The van der Waals surface area contributed by atoms with E-state index in [1.165, 1.54) is 0 Å². The topological polar surface area (TPSA) is 61.4 Å². The molecule has 2 atom stereocenters. The molecule has 1 fully saturated rings. The van der Waals surface area contributed by atoms with Gasteiger partial charge in [-0.2, -0.15) is 0 Å². The van der Waals surface area contributed by atoms with Crippen LogP contribution in [0.15, 0.2) is 24.3 Å². The summed E-state index contributed by atoms with van der Waals surface area (Å²) >= 11 is 0. The normalized spacial score (nSPS) is 24.1. The molecular formula is C15H22N2O2. The molecule has 1 aliphatic heterocycles. The lowest BCUT2D eigenvalue weighted by atomic mass is 9.83. The van der Waals surface area contributed by atoms with Crippen LogP contribution in [0.1, 0.15) is 38.3 Å². The Morgan fingerprint density at radius 2 is 2.37 bits per heavy atom. The van der Waals surface area contributed by atoms with Crippen LogP contribution in [0.2, 0.25) is 0 Å². The molecule has 2 unspecified atom stereocenters. The third-order valence-corrected chi connectivity index (χ3v) is 4.12. The average molecular weight is 262 g/mol. The Labute approximate surface area is 114 Å². The van der Waals surface area contributed by atoms with Crippen molar-refractivity contribution in [3.63, 3.8) is 0 Å². The Morgan fingerprint density at radius 3 is 2.95 bits per heavy atom. The van der Waals surface area contributed by atoms with Crippen molar-refractivity contribution in [1.29, 1.82) is 0 Å². The van der Waals surface area contributed by atoms with Gasteiger partial charge in [-0.25, -0.2) is 0 Å². The van der Waals surface area contributed by atoms with E-state index in [4.69, 9.17) is 0 Å². The molecule has 0 spiro atoms. The number of amides is 1. The van der Waals surface area contributed by atoms with Gasteiger partial charge in [0.05, 0.1) is 11.5 Å². The van der Waals surface area contributed by atoms with Crippen molar-refractivity contribution in [2.24, 2.45) is 5.41 Å². The van der Waals surface area contributed by atoms with Gasteiger partial charge in [0, 0.05) is 6.54 Å². The fraction of sp³-hybridized carbons (Fsp3) is 0.533. The minimum atomic E-state index is -0.273. The third-order valence-electron chi connectivity index (χ3n) is 4.12. The van der Waals surface area contributed by atoms with E-state index in [0.29, 0.717) is 0 Å². The first-order valence-electron chi connectivity index (χ1n) is 6.88. The van der Waals surface area contributed by atoms with Crippen molar-refractivity contribution < 1.29 is 9.90 Å². The van der Waals surface area contributed by atoms with E-state index < -0.39 is 0 Å². The molecule has 1 aromatic carbocycles. The van der Waals surface area contributed by atoms with Crippen molar-refractivity contribution in [1.82, 2.24) is 10.6 Å². The molecule has 1 aromatic rings. The highest BCUT2D eigenvalue weighted by Gasteiger charge is 2.39. The van der Waals surface area contributed by atoms with E-state index in [9.17, 15) is 9.90 Å². The lowest BCUT2D eigenvalue weighted by Crippen LogP contribution is -2.43. The molecule has 0 aliphatic carbocycles. The van der Waals surface area contributed by atoms with E-state index in [0.717, 1.165) is 31.5 Å². The molecule has 0 aromatic heterocycles. The lowest BCUT2D eigenvalue weighted by Gasteiger charge is -2.27. The number of nitrogens with one attached hydrogen (secondary N) is 2. The first-order valence-corrected chi connectivity index (χ1v) is 6.88. The second-order valence-corrected chi connectivity index (χ2v) is 5.35. The largest absolute Gasteiger partial charge is 0.508 e. The molecule has 2 rings (SSSR count). The maximum absolute atomic E-state index is 12.5. The number of hydrogen-bond donors (Lipinski definition) is 3. The zero-order chi connectivity index (χ0) is 13.9. The summed E-state index contributed by atoms with van der Waals surface area (Å²) in [5.41, 5.74) is 0.649. The van der Waals surface area contributed by atoms with Gasteiger partial charge in [0.25, 0.3) is 0 Å². The summed E-state index contributed by atoms with van der Waals surface area (Å²) in [6.45, 7) is 5.66. The number of phenolic OH excluding ortho intramolecular Hbond substituents is 1. The monoisotopic (exact) mass is 262 g/mol. The van der Waals surface area contributed by atoms with Crippen LogP contribution in [0.5, 0.6) is 5.75 Å². The summed E-state index contributed by atoms with van der Waals surface area (Å²) in [5.74, 6) is 0.335. The van der Waals surface area contributed by atoms with Crippen LogP contribution in [0.3, 0.4) is 0 Å². The molecule has 1 heterocycles. The Morgan fingerprint density at radius 1 is 1.58 bits per heavy atom. The number of rotatable bonds is 4. The molecule has 0 bridgehead atoms. The second-order valence-electron chi connectivity index (χ2n) is 5.35. The van der Waals surface area contributed by atoms with Gasteiger partial charge in [0.1, 0.15) is 5.75 Å². The predicted octanol–water partition coefficient (Wildman–Crippen LogP) is 1.96. The van der Waals surface area contributed by atoms with Crippen LogP contribution >= 0.6 is 0 Å². The quantitative estimate of drug-likeness (QED) is 0.777. The van der Waals surface area contributed by atoms with E-state index in [-0.39, 0.29) is 23.1 Å².